The van der Waals surface area contributed by atoms with Crippen LogP contribution in [0.1, 0.15) is 12.0 Å². The number of nitrogens with one attached hydrogen (secondary N) is 1. The fourth-order valence-corrected chi connectivity index (χ4v) is 3.03. The molecule has 0 aliphatic carbocycles. The van der Waals surface area contributed by atoms with E-state index in [9.17, 15) is 19.5 Å². The van der Waals surface area contributed by atoms with Gasteiger partial charge in [-0.3, -0.25) is 19.1 Å². The molecule has 1 aliphatic rings. The van der Waals surface area contributed by atoms with Crippen LogP contribution in [0.2, 0.25) is 0 Å². The van der Waals surface area contributed by atoms with Crippen molar-refractivity contribution in [3.8, 4) is 11.3 Å². The highest BCUT2D eigenvalue weighted by molar-refractivity contribution is 6.19. The molecule has 146 valence electrons. The van der Waals surface area contributed by atoms with Gasteiger partial charge in [-0.25, -0.2) is 0 Å². The van der Waals surface area contributed by atoms with Crippen LogP contribution < -0.4 is 5.32 Å². The Kier molecular flexibility index (Phi) is 5.44. The molecule has 0 spiro atoms. The number of nitrogens with zero attached hydrogens (tertiary/aromatic N) is 3. The lowest BCUT2D eigenvalue weighted by Gasteiger charge is -2.28. The molecule has 1 aromatic carbocycles. The summed E-state index contributed by atoms with van der Waals surface area (Å²) in [4.78, 5) is 36.7. The standard InChI is InChI=1S/C19H20N4O5/c1-22-14(6-8-21-22)13-4-2-12(3-5-13)11-23-9-7-15(24)17(19(23)28)18(27)20-10-16(25)26/h2-6,8,24H,7,9-11H2,1H3,(H,20,27)(H,25,26). The van der Waals surface area contributed by atoms with Crippen LogP contribution in [0.25, 0.3) is 11.3 Å². The zero-order valence-corrected chi connectivity index (χ0v) is 15.3. The van der Waals surface area contributed by atoms with Crippen molar-refractivity contribution in [3.05, 3.63) is 53.4 Å². The average molecular weight is 384 g/mol. The first-order valence-corrected chi connectivity index (χ1v) is 8.65. The van der Waals surface area contributed by atoms with Crippen molar-refractivity contribution in [2.45, 2.75) is 13.0 Å². The van der Waals surface area contributed by atoms with Gasteiger partial charge < -0.3 is 20.4 Å². The molecule has 3 rings (SSSR count). The SMILES string of the molecule is Cn1nccc1-c1ccc(CN2CCC(O)=C(C(=O)NCC(=O)O)C2=O)cc1. The summed E-state index contributed by atoms with van der Waals surface area (Å²) in [6.07, 6.45) is 1.85. The molecule has 0 saturated heterocycles. The summed E-state index contributed by atoms with van der Waals surface area (Å²) in [6.45, 7) is -0.0876. The van der Waals surface area contributed by atoms with E-state index >= 15 is 0 Å². The predicted octanol–water partition coefficient (Wildman–Crippen LogP) is 0.832. The molecule has 9 nitrogen and oxygen atoms in total. The number of hydrogen-bond acceptors (Lipinski definition) is 5. The highest BCUT2D eigenvalue weighted by Crippen LogP contribution is 2.22. The van der Waals surface area contributed by atoms with Crippen LogP contribution in [0.3, 0.4) is 0 Å². The quantitative estimate of drug-likeness (QED) is 0.634. The van der Waals surface area contributed by atoms with Crippen molar-refractivity contribution >= 4 is 17.8 Å². The van der Waals surface area contributed by atoms with Crippen molar-refractivity contribution in [2.24, 2.45) is 7.05 Å². The highest BCUT2D eigenvalue weighted by atomic mass is 16.4. The lowest BCUT2D eigenvalue weighted by molar-refractivity contribution is -0.138. The van der Waals surface area contributed by atoms with E-state index in [-0.39, 0.29) is 25.3 Å². The van der Waals surface area contributed by atoms with E-state index < -0.39 is 29.9 Å². The third kappa shape index (κ3) is 4.03. The molecule has 2 heterocycles. The van der Waals surface area contributed by atoms with Crippen LogP contribution in [-0.2, 0) is 28.0 Å². The van der Waals surface area contributed by atoms with Gasteiger partial charge in [0, 0.05) is 32.8 Å². The van der Waals surface area contributed by atoms with Crippen molar-refractivity contribution in [1.82, 2.24) is 20.0 Å². The fourth-order valence-electron chi connectivity index (χ4n) is 3.03. The number of carboxylic acid groups (broad SMARTS) is 1. The zero-order chi connectivity index (χ0) is 20.3. The number of hydrogen-bond donors (Lipinski definition) is 3. The van der Waals surface area contributed by atoms with Gasteiger partial charge in [-0.1, -0.05) is 24.3 Å². The van der Waals surface area contributed by atoms with E-state index in [1.165, 1.54) is 4.90 Å². The molecule has 2 amide bonds. The molecule has 0 fully saturated rings. The summed E-state index contributed by atoms with van der Waals surface area (Å²) in [5.74, 6) is -3.07. The molecule has 28 heavy (non-hydrogen) atoms. The van der Waals surface area contributed by atoms with Crippen LogP contribution >= 0.6 is 0 Å². The maximum Gasteiger partial charge on any atom is 0.322 e. The van der Waals surface area contributed by atoms with Gasteiger partial charge in [0.25, 0.3) is 11.8 Å². The Balaban J connectivity index is 1.71. The first-order chi connectivity index (χ1) is 13.4. The Bertz CT molecular complexity index is 945. The van der Waals surface area contributed by atoms with Crippen LogP contribution in [0.15, 0.2) is 47.9 Å². The molecule has 2 aromatic rings. The number of benzene rings is 1. The maximum atomic E-state index is 12.6. The summed E-state index contributed by atoms with van der Waals surface area (Å²) in [7, 11) is 1.85. The van der Waals surface area contributed by atoms with Gasteiger partial charge in [-0.15, -0.1) is 0 Å². The normalized spacial score (nSPS) is 14.3. The number of aliphatic hydroxyl groups excluding tert-OH is 1. The van der Waals surface area contributed by atoms with Crippen molar-refractivity contribution in [3.63, 3.8) is 0 Å². The Hall–Kier alpha value is -3.62. The molecule has 3 N–H and O–H groups in total. The second-order valence-electron chi connectivity index (χ2n) is 6.41. The second kappa shape index (κ2) is 7.95. The molecule has 0 radical (unpaired) electrons. The van der Waals surface area contributed by atoms with Crippen LogP contribution in [0.4, 0.5) is 0 Å². The number of carbonyl (C=O) groups excluding carboxylic acids is 2. The van der Waals surface area contributed by atoms with E-state index in [1.807, 2.05) is 37.4 Å². The smallest absolute Gasteiger partial charge is 0.322 e. The first-order valence-electron chi connectivity index (χ1n) is 8.65. The van der Waals surface area contributed by atoms with Gasteiger partial charge >= 0.3 is 5.97 Å². The number of aliphatic hydroxyl groups is 1. The lowest BCUT2D eigenvalue weighted by atomic mass is 10.0. The largest absolute Gasteiger partial charge is 0.511 e. The molecular formula is C19H20N4O5. The Morgan fingerprint density at radius 1 is 1.21 bits per heavy atom. The van der Waals surface area contributed by atoms with Gasteiger partial charge in [0.15, 0.2) is 0 Å². The summed E-state index contributed by atoms with van der Waals surface area (Å²) < 4.78 is 1.76. The Morgan fingerprint density at radius 3 is 2.54 bits per heavy atom. The number of amides is 2. The van der Waals surface area contributed by atoms with Gasteiger partial charge in [0.05, 0.1) is 5.69 Å². The summed E-state index contributed by atoms with van der Waals surface area (Å²) >= 11 is 0. The predicted molar refractivity (Wildman–Crippen MR) is 99.0 cm³/mol. The van der Waals surface area contributed by atoms with Gasteiger partial charge in [-0.2, -0.15) is 5.10 Å². The number of aryl methyl sites for hydroxylation is 1. The fraction of sp³-hybridized carbons (Fsp3) is 0.263. The number of carbonyl (C=O) groups is 3. The molecule has 1 aromatic heterocycles. The third-order valence-corrected chi connectivity index (χ3v) is 4.48. The first kappa shape index (κ1) is 19.2. The van der Waals surface area contributed by atoms with E-state index in [2.05, 4.69) is 10.4 Å². The minimum absolute atomic E-state index is 0.134. The monoisotopic (exact) mass is 384 g/mol. The van der Waals surface area contributed by atoms with Crippen LogP contribution in [0, 0.1) is 0 Å². The van der Waals surface area contributed by atoms with Gasteiger partial charge in [0.1, 0.15) is 17.9 Å². The van der Waals surface area contributed by atoms with Crippen LogP contribution in [0.5, 0.6) is 0 Å². The molecular weight excluding hydrogens is 364 g/mol. The summed E-state index contributed by atoms with van der Waals surface area (Å²) in [6, 6.07) is 9.53. The lowest BCUT2D eigenvalue weighted by Crippen LogP contribution is -2.43. The number of carboxylic acids is 1. The van der Waals surface area contributed by atoms with E-state index in [0.717, 1.165) is 16.8 Å². The van der Waals surface area contributed by atoms with Gasteiger partial charge in [0.2, 0.25) is 0 Å². The molecule has 0 unspecified atom stereocenters. The van der Waals surface area contributed by atoms with Crippen molar-refractivity contribution < 1.29 is 24.6 Å². The maximum absolute atomic E-state index is 12.6. The Labute approximate surface area is 160 Å². The molecule has 0 atom stereocenters. The van der Waals surface area contributed by atoms with Crippen molar-refractivity contribution in [1.29, 1.82) is 0 Å². The Morgan fingerprint density at radius 2 is 1.93 bits per heavy atom. The van der Waals surface area contributed by atoms with Crippen LogP contribution in [-0.4, -0.2) is 55.8 Å². The zero-order valence-electron chi connectivity index (χ0n) is 15.3. The minimum Gasteiger partial charge on any atom is -0.511 e. The second-order valence-corrected chi connectivity index (χ2v) is 6.41. The van der Waals surface area contributed by atoms with E-state index in [1.54, 1.807) is 10.9 Å². The molecule has 0 bridgehead atoms. The topological polar surface area (TPSA) is 125 Å². The molecule has 1 aliphatic heterocycles. The van der Waals surface area contributed by atoms with E-state index in [0.29, 0.717) is 0 Å². The molecule has 9 heteroatoms. The van der Waals surface area contributed by atoms with Gasteiger partial charge in [-0.05, 0) is 17.2 Å². The number of rotatable bonds is 6. The van der Waals surface area contributed by atoms with Crippen molar-refractivity contribution in [2.75, 3.05) is 13.1 Å². The third-order valence-electron chi connectivity index (χ3n) is 4.48. The summed E-state index contributed by atoms with van der Waals surface area (Å²) in [5.41, 5.74) is 2.41. The summed E-state index contributed by atoms with van der Waals surface area (Å²) in [5, 5.41) is 24.8. The minimum atomic E-state index is -1.23. The molecule has 0 saturated carbocycles. The number of aromatic nitrogens is 2. The highest BCUT2D eigenvalue weighted by Gasteiger charge is 2.32. The average Bonchev–Trinajstić information content (AvgIpc) is 3.09. The number of aliphatic carboxylic acids is 1. The van der Waals surface area contributed by atoms with E-state index in [4.69, 9.17) is 5.11 Å².